The van der Waals surface area contributed by atoms with Crippen molar-refractivity contribution in [3.05, 3.63) is 29.7 Å². The van der Waals surface area contributed by atoms with Gasteiger partial charge in [0.1, 0.15) is 0 Å². The Morgan fingerprint density at radius 3 is 2.94 bits per heavy atom. The van der Waals surface area contributed by atoms with Gasteiger partial charge in [-0.1, -0.05) is 6.92 Å². The molecule has 0 amide bonds. The van der Waals surface area contributed by atoms with Crippen LogP contribution >= 0.6 is 0 Å². The molecule has 2 aromatic rings. The maximum atomic E-state index is 4.43. The molecule has 0 aliphatic heterocycles. The Bertz CT molecular complexity index is 548. The van der Waals surface area contributed by atoms with Crippen molar-refractivity contribution in [2.24, 2.45) is 0 Å². The number of rotatable bonds is 4. The number of aryl methyl sites for hydroxylation is 1. The number of hydrogen-bond donors (Lipinski definition) is 1. The second-order valence-electron chi connectivity index (χ2n) is 5.39. The summed E-state index contributed by atoms with van der Waals surface area (Å²) in [5, 5.41) is 8.09. The smallest absolute Gasteiger partial charge is 0.155 e. The van der Waals surface area contributed by atoms with Gasteiger partial charge in [-0.25, -0.2) is 9.50 Å². The molecule has 0 spiro atoms. The molecule has 1 aliphatic rings. The molecule has 1 saturated carbocycles. The van der Waals surface area contributed by atoms with E-state index in [4.69, 9.17) is 0 Å². The lowest BCUT2D eigenvalue weighted by Gasteiger charge is -2.42. The minimum absolute atomic E-state index is 0.384. The van der Waals surface area contributed by atoms with E-state index in [1.807, 2.05) is 23.7 Å². The van der Waals surface area contributed by atoms with Gasteiger partial charge in [0, 0.05) is 36.1 Å². The Balaban J connectivity index is 1.74. The van der Waals surface area contributed by atoms with Crippen LogP contribution in [0.5, 0.6) is 0 Å². The van der Waals surface area contributed by atoms with Gasteiger partial charge in [-0.05, 0) is 32.6 Å². The zero-order chi connectivity index (χ0) is 12.6. The Morgan fingerprint density at radius 2 is 2.28 bits per heavy atom. The summed E-state index contributed by atoms with van der Waals surface area (Å²) in [7, 11) is 0. The predicted molar refractivity (Wildman–Crippen MR) is 71.4 cm³/mol. The molecular weight excluding hydrogens is 224 g/mol. The van der Waals surface area contributed by atoms with Gasteiger partial charge < -0.3 is 5.32 Å². The first kappa shape index (κ1) is 11.7. The van der Waals surface area contributed by atoms with Crippen LogP contribution in [-0.4, -0.2) is 20.1 Å². The van der Waals surface area contributed by atoms with Crippen molar-refractivity contribution < 1.29 is 0 Å². The van der Waals surface area contributed by atoms with E-state index in [1.54, 1.807) is 0 Å². The Kier molecular flexibility index (Phi) is 2.82. The van der Waals surface area contributed by atoms with E-state index in [0.717, 1.165) is 17.9 Å². The van der Waals surface area contributed by atoms with Gasteiger partial charge in [-0.2, -0.15) is 5.10 Å². The number of nitrogens with zero attached hydrogens (tertiary/aromatic N) is 3. The van der Waals surface area contributed by atoms with E-state index < -0.39 is 0 Å². The van der Waals surface area contributed by atoms with Gasteiger partial charge >= 0.3 is 0 Å². The molecule has 4 heteroatoms. The molecule has 0 atom stereocenters. The summed E-state index contributed by atoms with van der Waals surface area (Å²) < 4.78 is 1.87. The molecule has 18 heavy (non-hydrogen) atoms. The second-order valence-corrected chi connectivity index (χ2v) is 5.39. The maximum Gasteiger partial charge on any atom is 0.155 e. The molecule has 0 saturated heterocycles. The van der Waals surface area contributed by atoms with Crippen molar-refractivity contribution in [2.75, 3.05) is 0 Å². The monoisotopic (exact) mass is 244 g/mol. The van der Waals surface area contributed by atoms with Gasteiger partial charge in [0.25, 0.3) is 0 Å². The van der Waals surface area contributed by atoms with Crippen LogP contribution in [0.15, 0.2) is 18.5 Å². The van der Waals surface area contributed by atoms with Gasteiger partial charge in [0.2, 0.25) is 0 Å². The van der Waals surface area contributed by atoms with Gasteiger partial charge in [0.05, 0.1) is 5.69 Å². The van der Waals surface area contributed by atoms with Crippen molar-refractivity contribution in [1.29, 1.82) is 0 Å². The topological polar surface area (TPSA) is 42.2 Å². The molecular formula is C14H20N4. The minimum Gasteiger partial charge on any atom is -0.307 e. The minimum atomic E-state index is 0.384. The summed E-state index contributed by atoms with van der Waals surface area (Å²) in [4.78, 5) is 4.43. The third kappa shape index (κ3) is 2.01. The van der Waals surface area contributed by atoms with Crippen LogP contribution in [0.2, 0.25) is 0 Å². The Hall–Kier alpha value is -1.42. The molecule has 0 aromatic carbocycles. The first-order valence-electron chi connectivity index (χ1n) is 6.77. The molecule has 0 radical (unpaired) electrons. The third-order valence-electron chi connectivity index (χ3n) is 4.14. The number of fused-ring (bicyclic) bond motifs is 1. The van der Waals surface area contributed by atoms with Crippen LogP contribution in [-0.2, 0) is 6.54 Å². The molecule has 2 aromatic heterocycles. The van der Waals surface area contributed by atoms with E-state index in [-0.39, 0.29) is 0 Å². The largest absolute Gasteiger partial charge is 0.307 e. The van der Waals surface area contributed by atoms with Crippen LogP contribution in [0, 0.1) is 6.92 Å². The van der Waals surface area contributed by atoms with E-state index in [9.17, 15) is 0 Å². The van der Waals surface area contributed by atoms with Crippen molar-refractivity contribution >= 4 is 5.65 Å². The van der Waals surface area contributed by atoms with Crippen LogP contribution in [0.25, 0.3) is 5.65 Å². The lowest BCUT2D eigenvalue weighted by molar-refractivity contribution is 0.175. The first-order valence-corrected chi connectivity index (χ1v) is 6.77. The third-order valence-corrected chi connectivity index (χ3v) is 4.14. The highest BCUT2D eigenvalue weighted by molar-refractivity contribution is 5.38. The first-order chi connectivity index (χ1) is 8.71. The lowest BCUT2D eigenvalue weighted by Crippen LogP contribution is -2.49. The standard InChI is InChI=1S/C14H20N4/c1-3-14(5-4-6-14)16-9-12-8-15-13-7-11(2)17-18(13)10-12/h7-8,10,16H,3-6,9H2,1-2H3. The predicted octanol–water partition coefficient (Wildman–Crippen LogP) is 2.46. The number of hydrogen-bond acceptors (Lipinski definition) is 3. The lowest BCUT2D eigenvalue weighted by atomic mass is 9.75. The SMILES string of the molecule is CCC1(NCc2cnc3cc(C)nn3c2)CCC1. The van der Waals surface area contributed by atoms with E-state index in [0.29, 0.717) is 5.54 Å². The molecule has 1 N–H and O–H groups in total. The van der Waals surface area contributed by atoms with Gasteiger partial charge in [-0.3, -0.25) is 0 Å². The molecule has 1 fully saturated rings. The average molecular weight is 244 g/mol. The molecule has 0 unspecified atom stereocenters. The Morgan fingerprint density at radius 1 is 1.44 bits per heavy atom. The van der Waals surface area contributed by atoms with Crippen molar-refractivity contribution in [3.8, 4) is 0 Å². The van der Waals surface area contributed by atoms with Crippen LogP contribution in [0.3, 0.4) is 0 Å². The van der Waals surface area contributed by atoms with Crippen LogP contribution in [0.1, 0.15) is 43.9 Å². The van der Waals surface area contributed by atoms with Crippen LogP contribution < -0.4 is 5.32 Å². The zero-order valence-electron chi connectivity index (χ0n) is 11.1. The summed E-state index contributed by atoms with van der Waals surface area (Å²) in [6.45, 7) is 5.15. The second kappa shape index (κ2) is 4.35. The van der Waals surface area contributed by atoms with E-state index >= 15 is 0 Å². The number of aromatic nitrogens is 3. The molecule has 0 bridgehead atoms. The van der Waals surface area contributed by atoms with Crippen molar-refractivity contribution in [1.82, 2.24) is 19.9 Å². The van der Waals surface area contributed by atoms with Gasteiger partial charge in [-0.15, -0.1) is 0 Å². The molecule has 2 heterocycles. The summed E-state index contributed by atoms with van der Waals surface area (Å²) in [6.07, 6.45) is 9.20. The van der Waals surface area contributed by atoms with Gasteiger partial charge in [0.15, 0.2) is 5.65 Å². The normalized spacial score (nSPS) is 17.9. The number of nitrogens with one attached hydrogen (secondary N) is 1. The molecule has 4 nitrogen and oxygen atoms in total. The molecule has 96 valence electrons. The summed E-state index contributed by atoms with van der Waals surface area (Å²) >= 11 is 0. The van der Waals surface area contributed by atoms with Crippen LogP contribution in [0.4, 0.5) is 0 Å². The van der Waals surface area contributed by atoms with E-state index in [1.165, 1.54) is 31.2 Å². The fourth-order valence-corrected chi connectivity index (χ4v) is 2.67. The highest BCUT2D eigenvalue weighted by atomic mass is 15.2. The quantitative estimate of drug-likeness (QED) is 0.898. The maximum absolute atomic E-state index is 4.43. The van der Waals surface area contributed by atoms with Crippen molar-refractivity contribution in [2.45, 2.75) is 51.6 Å². The summed E-state index contributed by atoms with van der Waals surface area (Å²) in [5.41, 5.74) is 3.52. The Labute approximate surface area is 107 Å². The highest BCUT2D eigenvalue weighted by Gasteiger charge is 2.34. The fourth-order valence-electron chi connectivity index (χ4n) is 2.67. The van der Waals surface area contributed by atoms with E-state index in [2.05, 4.69) is 28.5 Å². The fraction of sp³-hybridized carbons (Fsp3) is 0.571. The average Bonchev–Trinajstić information content (AvgIpc) is 2.67. The zero-order valence-corrected chi connectivity index (χ0v) is 11.1. The highest BCUT2D eigenvalue weighted by Crippen LogP contribution is 2.34. The molecule has 1 aliphatic carbocycles. The van der Waals surface area contributed by atoms with Crippen molar-refractivity contribution in [3.63, 3.8) is 0 Å². The molecule has 3 rings (SSSR count). The summed E-state index contributed by atoms with van der Waals surface area (Å²) in [5.74, 6) is 0. The summed E-state index contributed by atoms with van der Waals surface area (Å²) in [6, 6.07) is 2.00.